The van der Waals surface area contributed by atoms with Crippen molar-refractivity contribution in [2.75, 3.05) is 13.7 Å². The lowest BCUT2D eigenvalue weighted by Gasteiger charge is -2.24. The van der Waals surface area contributed by atoms with Crippen LogP contribution in [0.2, 0.25) is 5.02 Å². The standard InChI is InChI=1S/C18H20ClNO3S/c1-13-5-7-14(8-6-13)17-4-3-11-20(17)24(21,22)15-9-10-18(23-2)16(19)12-15/h5-10,12,17H,3-4,11H2,1-2H3. The van der Waals surface area contributed by atoms with E-state index in [1.807, 2.05) is 31.2 Å². The fourth-order valence-electron chi connectivity index (χ4n) is 3.09. The Balaban J connectivity index is 1.96. The summed E-state index contributed by atoms with van der Waals surface area (Å²) in [7, 11) is -2.10. The van der Waals surface area contributed by atoms with Gasteiger partial charge in [-0.2, -0.15) is 4.31 Å². The molecule has 128 valence electrons. The molecule has 0 bridgehead atoms. The number of aryl methyl sites for hydroxylation is 1. The molecule has 1 atom stereocenters. The molecule has 3 rings (SSSR count). The molecule has 1 saturated heterocycles. The highest BCUT2D eigenvalue weighted by atomic mass is 35.5. The van der Waals surface area contributed by atoms with Crippen LogP contribution in [0.1, 0.15) is 30.0 Å². The molecule has 1 unspecified atom stereocenters. The first-order chi connectivity index (χ1) is 11.4. The van der Waals surface area contributed by atoms with E-state index >= 15 is 0 Å². The van der Waals surface area contributed by atoms with Crippen LogP contribution in [0.25, 0.3) is 0 Å². The minimum absolute atomic E-state index is 0.128. The van der Waals surface area contributed by atoms with Gasteiger partial charge in [0, 0.05) is 6.54 Å². The lowest BCUT2D eigenvalue weighted by Crippen LogP contribution is -2.30. The number of hydrogen-bond acceptors (Lipinski definition) is 3. The number of hydrogen-bond donors (Lipinski definition) is 0. The quantitative estimate of drug-likeness (QED) is 0.816. The SMILES string of the molecule is COc1ccc(S(=O)(=O)N2CCCC2c2ccc(C)cc2)cc1Cl. The first-order valence-electron chi connectivity index (χ1n) is 7.85. The highest BCUT2D eigenvalue weighted by Gasteiger charge is 2.36. The highest BCUT2D eigenvalue weighted by Crippen LogP contribution is 2.38. The summed E-state index contributed by atoms with van der Waals surface area (Å²) in [5, 5.41) is 0.296. The van der Waals surface area contributed by atoms with Gasteiger partial charge in [-0.15, -0.1) is 0 Å². The van der Waals surface area contributed by atoms with E-state index in [9.17, 15) is 8.42 Å². The summed E-state index contributed by atoms with van der Waals surface area (Å²) in [5.41, 5.74) is 2.19. The first-order valence-corrected chi connectivity index (χ1v) is 9.67. The second-order valence-corrected chi connectivity index (χ2v) is 8.28. The first kappa shape index (κ1) is 17.3. The van der Waals surface area contributed by atoms with E-state index in [0.29, 0.717) is 17.3 Å². The molecule has 0 radical (unpaired) electrons. The van der Waals surface area contributed by atoms with Crippen LogP contribution in [0.15, 0.2) is 47.4 Å². The van der Waals surface area contributed by atoms with Crippen LogP contribution >= 0.6 is 11.6 Å². The largest absolute Gasteiger partial charge is 0.495 e. The maximum atomic E-state index is 13.1. The van der Waals surface area contributed by atoms with Crippen molar-refractivity contribution in [1.29, 1.82) is 0 Å². The van der Waals surface area contributed by atoms with Gasteiger partial charge >= 0.3 is 0 Å². The molecule has 0 aromatic heterocycles. The van der Waals surface area contributed by atoms with Crippen LogP contribution in [0.5, 0.6) is 5.75 Å². The van der Waals surface area contributed by atoms with Crippen LogP contribution in [-0.2, 0) is 10.0 Å². The third-order valence-electron chi connectivity index (χ3n) is 4.40. The van der Waals surface area contributed by atoms with E-state index in [0.717, 1.165) is 24.0 Å². The second-order valence-electron chi connectivity index (χ2n) is 5.98. The van der Waals surface area contributed by atoms with Crippen molar-refractivity contribution in [3.8, 4) is 5.75 Å². The molecule has 24 heavy (non-hydrogen) atoms. The van der Waals surface area contributed by atoms with Gasteiger partial charge in [-0.3, -0.25) is 0 Å². The Morgan fingerprint density at radius 1 is 1.17 bits per heavy atom. The van der Waals surface area contributed by atoms with Gasteiger partial charge < -0.3 is 4.74 Å². The number of ether oxygens (including phenoxy) is 1. The molecule has 2 aromatic carbocycles. The van der Waals surface area contributed by atoms with Crippen molar-refractivity contribution in [2.24, 2.45) is 0 Å². The average molecular weight is 366 g/mol. The molecule has 1 heterocycles. The number of sulfonamides is 1. The van der Waals surface area contributed by atoms with Gasteiger partial charge in [0.25, 0.3) is 0 Å². The molecule has 4 nitrogen and oxygen atoms in total. The van der Waals surface area contributed by atoms with Crippen LogP contribution in [0, 0.1) is 6.92 Å². The van der Waals surface area contributed by atoms with Gasteiger partial charge in [-0.1, -0.05) is 41.4 Å². The Morgan fingerprint density at radius 3 is 2.50 bits per heavy atom. The maximum absolute atomic E-state index is 13.1. The summed E-state index contributed by atoms with van der Waals surface area (Å²) in [5.74, 6) is 0.465. The van der Waals surface area contributed by atoms with Crippen molar-refractivity contribution in [3.63, 3.8) is 0 Å². The predicted octanol–water partition coefficient (Wildman–Crippen LogP) is 4.18. The lowest BCUT2D eigenvalue weighted by molar-refractivity contribution is 0.396. The van der Waals surface area contributed by atoms with Gasteiger partial charge in [-0.05, 0) is 43.5 Å². The summed E-state index contributed by atoms with van der Waals surface area (Å²) in [4.78, 5) is 0.201. The Morgan fingerprint density at radius 2 is 1.88 bits per heavy atom. The topological polar surface area (TPSA) is 46.6 Å². The summed E-state index contributed by atoms with van der Waals surface area (Å²) in [6.07, 6.45) is 1.67. The Labute approximate surface area is 148 Å². The zero-order valence-electron chi connectivity index (χ0n) is 13.7. The minimum atomic E-state index is -3.60. The molecule has 0 aliphatic carbocycles. The zero-order valence-corrected chi connectivity index (χ0v) is 15.3. The summed E-state index contributed by atoms with van der Waals surface area (Å²) < 4.78 is 32.8. The minimum Gasteiger partial charge on any atom is -0.495 e. The number of halogens is 1. The number of rotatable bonds is 4. The molecule has 0 amide bonds. The average Bonchev–Trinajstić information content (AvgIpc) is 3.06. The van der Waals surface area contributed by atoms with Gasteiger partial charge in [0.2, 0.25) is 10.0 Å². The Hall–Kier alpha value is -1.56. The highest BCUT2D eigenvalue weighted by molar-refractivity contribution is 7.89. The third-order valence-corrected chi connectivity index (χ3v) is 6.60. The van der Waals surface area contributed by atoms with E-state index in [1.54, 1.807) is 16.4 Å². The summed E-state index contributed by atoms with van der Waals surface area (Å²) in [6.45, 7) is 2.54. The van der Waals surface area contributed by atoms with Gasteiger partial charge in [0.05, 0.1) is 23.1 Å². The molecule has 0 spiro atoms. The maximum Gasteiger partial charge on any atom is 0.243 e. The molecule has 0 N–H and O–H groups in total. The monoisotopic (exact) mass is 365 g/mol. The van der Waals surface area contributed by atoms with Gasteiger partial charge in [0.1, 0.15) is 5.75 Å². The van der Waals surface area contributed by atoms with E-state index < -0.39 is 10.0 Å². The van der Waals surface area contributed by atoms with Crippen molar-refractivity contribution in [1.82, 2.24) is 4.31 Å². The second kappa shape index (κ2) is 6.75. The Bertz CT molecular complexity index is 834. The van der Waals surface area contributed by atoms with Crippen LogP contribution in [0.3, 0.4) is 0 Å². The van der Waals surface area contributed by atoms with E-state index in [1.165, 1.54) is 13.2 Å². The van der Waals surface area contributed by atoms with Crippen molar-refractivity contribution >= 4 is 21.6 Å². The van der Waals surface area contributed by atoms with E-state index in [2.05, 4.69) is 0 Å². The third kappa shape index (κ3) is 3.16. The van der Waals surface area contributed by atoms with Crippen molar-refractivity contribution in [2.45, 2.75) is 30.7 Å². The summed E-state index contributed by atoms with van der Waals surface area (Å²) >= 11 is 6.11. The molecule has 0 saturated carbocycles. The van der Waals surface area contributed by atoms with E-state index in [-0.39, 0.29) is 10.9 Å². The fourth-order valence-corrected chi connectivity index (χ4v) is 5.12. The van der Waals surface area contributed by atoms with Gasteiger partial charge in [-0.25, -0.2) is 8.42 Å². The molecule has 1 fully saturated rings. The molecular formula is C18H20ClNO3S. The molecule has 6 heteroatoms. The lowest BCUT2D eigenvalue weighted by atomic mass is 10.0. The fraction of sp³-hybridized carbons (Fsp3) is 0.333. The number of methoxy groups -OCH3 is 1. The van der Waals surface area contributed by atoms with Crippen LogP contribution < -0.4 is 4.74 Å². The Kier molecular flexibility index (Phi) is 4.85. The smallest absolute Gasteiger partial charge is 0.243 e. The number of benzene rings is 2. The normalized spacial score (nSPS) is 18.7. The van der Waals surface area contributed by atoms with Crippen LogP contribution in [-0.4, -0.2) is 26.4 Å². The van der Waals surface area contributed by atoms with Crippen molar-refractivity contribution in [3.05, 3.63) is 58.6 Å². The molecule has 1 aliphatic rings. The van der Waals surface area contributed by atoms with Crippen LogP contribution in [0.4, 0.5) is 0 Å². The molecule has 2 aromatic rings. The molecular weight excluding hydrogens is 346 g/mol. The molecule has 1 aliphatic heterocycles. The van der Waals surface area contributed by atoms with Gasteiger partial charge in [0.15, 0.2) is 0 Å². The zero-order chi connectivity index (χ0) is 17.3. The number of nitrogens with zero attached hydrogens (tertiary/aromatic N) is 1. The summed E-state index contributed by atoms with van der Waals surface area (Å²) in [6, 6.07) is 12.5. The van der Waals surface area contributed by atoms with E-state index in [4.69, 9.17) is 16.3 Å². The van der Waals surface area contributed by atoms with Crippen molar-refractivity contribution < 1.29 is 13.2 Å². The predicted molar refractivity (Wildman–Crippen MR) is 95.0 cm³/mol.